The third-order valence-corrected chi connectivity index (χ3v) is 3.89. The summed E-state index contributed by atoms with van der Waals surface area (Å²) in [6, 6.07) is 1.57. The molecular weight excluding hydrogens is 298 g/mol. The highest BCUT2D eigenvalue weighted by molar-refractivity contribution is 5.77. The van der Waals surface area contributed by atoms with Gasteiger partial charge >= 0.3 is 0 Å². The first kappa shape index (κ1) is 15.7. The van der Waals surface area contributed by atoms with Crippen LogP contribution in [-0.4, -0.2) is 40.8 Å². The van der Waals surface area contributed by atoms with E-state index in [1.54, 1.807) is 17.4 Å². The lowest BCUT2D eigenvalue weighted by molar-refractivity contribution is -0.141. The third kappa shape index (κ3) is 3.61. The van der Waals surface area contributed by atoms with Crippen molar-refractivity contribution >= 4 is 5.91 Å². The summed E-state index contributed by atoms with van der Waals surface area (Å²) >= 11 is 0. The predicted octanol–water partition coefficient (Wildman–Crippen LogP) is 2.32. The van der Waals surface area contributed by atoms with E-state index in [1.807, 2.05) is 19.9 Å². The zero-order chi connectivity index (χ0) is 16.2. The molecule has 124 valence electrons. The maximum Gasteiger partial charge on any atom is 0.241 e. The fourth-order valence-electron chi connectivity index (χ4n) is 2.55. The second-order valence-corrected chi connectivity index (χ2v) is 5.94. The smallest absolute Gasteiger partial charge is 0.241 e. The van der Waals surface area contributed by atoms with Gasteiger partial charge in [0.15, 0.2) is 0 Å². The fourth-order valence-corrected chi connectivity index (χ4v) is 2.55. The largest absolute Gasteiger partial charge is 0.472 e. The van der Waals surface area contributed by atoms with Crippen LogP contribution >= 0.6 is 0 Å². The minimum absolute atomic E-state index is 0.0591. The number of nitrogens with zero attached hydrogens (tertiary/aromatic N) is 3. The van der Waals surface area contributed by atoms with Crippen molar-refractivity contribution in [2.45, 2.75) is 38.6 Å². The molecule has 0 aromatic carbocycles. The summed E-state index contributed by atoms with van der Waals surface area (Å²) in [5.41, 5.74) is 1.02. The Balaban J connectivity index is 1.68. The van der Waals surface area contributed by atoms with Crippen LogP contribution in [0.2, 0.25) is 0 Å². The van der Waals surface area contributed by atoms with E-state index < -0.39 is 0 Å². The van der Waals surface area contributed by atoms with Crippen LogP contribution in [0.25, 0.3) is 0 Å². The van der Waals surface area contributed by atoms with Crippen molar-refractivity contribution in [3.05, 3.63) is 35.9 Å². The van der Waals surface area contributed by atoms with E-state index in [9.17, 15) is 4.79 Å². The number of carbonyl (C=O) groups is 1. The topological polar surface area (TPSA) is 81.6 Å². The van der Waals surface area contributed by atoms with Gasteiger partial charge in [-0.2, -0.15) is 0 Å². The van der Waals surface area contributed by atoms with Gasteiger partial charge in [-0.3, -0.25) is 4.79 Å². The van der Waals surface area contributed by atoms with Crippen LogP contribution in [0.4, 0.5) is 0 Å². The second-order valence-electron chi connectivity index (χ2n) is 5.94. The molecule has 2 aromatic rings. The molecule has 1 aliphatic heterocycles. The Labute approximate surface area is 134 Å². The maximum absolute atomic E-state index is 12.6. The molecule has 7 heteroatoms. The summed E-state index contributed by atoms with van der Waals surface area (Å²) < 4.78 is 16.2. The highest BCUT2D eigenvalue weighted by Gasteiger charge is 2.32. The lowest BCUT2D eigenvalue weighted by Crippen LogP contribution is -2.43. The second kappa shape index (κ2) is 6.95. The average Bonchev–Trinajstić information content (AvgIpc) is 3.24. The van der Waals surface area contributed by atoms with Gasteiger partial charge in [0.25, 0.3) is 0 Å². The Kier molecular flexibility index (Phi) is 4.76. The van der Waals surface area contributed by atoms with Crippen molar-refractivity contribution in [1.29, 1.82) is 0 Å². The molecule has 2 aromatic heterocycles. The first-order valence-electron chi connectivity index (χ1n) is 7.86. The van der Waals surface area contributed by atoms with Crippen molar-refractivity contribution in [3.63, 3.8) is 0 Å². The number of hydrogen-bond donors (Lipinski definition) is 0. The Morgan fingerprint density at radius 1 is 1.43 bits per heavy atom. The van der Waals surface area contributed by atoms with Crippen molar-refractivity contribution in [2.24, 2.45) is 0 Å². The number of rotatable bonds is 5. The standard InChI is InChI=1S/C16H21N3O4/c1-11(2)15-17-18-16(23-15)13-10-22-8-6-19(13)14(20)4-3-12-5-7-21-9-12/h5,7,9,11,13H,3-4,6,8,10H2,1-2H3/t13-/m1/s1. The normalized spacial score (nSPS) is 18.6. The molecule has 7 nitrogen and oxygen atoms in total. The van der Waals surface area contributed by atoms with E-state index >= 15 is 0 Å². The number of furan rings is 1. The first-order chi connectivity index (χ1) is 11.1. The van der Waals surface area contributed by atoms with Gasteiger partial charge in [0.1, 0.15) is 6.04 Å². The van der Waals surface area contributed by atoms with Gasteiger partial charge in [0.2, 0.25) is 17.7 Å². The minimum atomic E-state index is -0.305. The van der Waals surface area contributed by atoms with Crippen molar-refractivity contribution in [2.75, 3.05) is 19.8 Å². The minimum Gasteiger partial charge on any atom is -0.472 e. The van der Waals surface area contributed by atoms with Gasteiger partial charge in [-0.25, -0.2) is 0 Å². The summed E-state index contributed by atoms with van der Waals surface area (Å²) in [6.45, 7) is 5.43. The number of carbonyl (C=O) groups excluding carboxylic acids is 1. The van der Waals surface area contributed by atoms with Gasteiger partial charge in [0, 0.05) is 18.9 Å². The van der Waals surface area contributed by atoms with E-state index in [1.165, 1.54) is 0 Å². The number of morpholine rings is 1. The quantitative estimate of drug-likeness (QED) is 0.841. The zero-order valence-electron chi connectivity index (χ0n) is 13.4. The molecule has 3 rings (SSSR count). The molecule has 1 fully saturated rings. The Bertz CT molecular complexity index is 636. The van der Waals surface area contributed by atoms with Crippen LogP contribution in [0.5, 0.6) is 0 Å². The molecule has 0 spiro atoms. The number of aryl methyl sites for hydroxylation is 1. The number of amides is 1. The van der Waals surface area contributed by atoms with E-state index in [2.05, 4.69) is 10.2 Å². The van der Waals surface area contributed by atoms with E-state index in [0.717, 1.165) is 5.56 Å². The van der Waals surface area contributed by atoms with Gasteiger partial charge in [-0.05, 0) is 18.1 Å². The highest BCUT2D eigenvalue weighted by atomic mass is 16.5. The number of ether oxygens (including phenoxy) is 1. The molecule has 1 aliphatic rings. The van der Waals surface area contributed by atoms with Crippen molar-refractivity contribution in [3.8, 4) is 0 Å². The molecule has 1 amide bonds. The van der Waals surface area contributed by atoms with Crippen LogP contribution in [0.3, 0.4) is 0 Å². The summed E-state index contributed by atoms with van der Waals surface area (Å²) in [6.07, 6.45) is 4.35. The van der Waals surface area contributed by atoms with Crippen LogP contribution in [0.1, 0.15) is 49.6 Å². The molecule has 0 unspecified atom stereocenters. The Morgan fingerprint density at radius 3 is 3.00 bits per heavy atom. The number of aromatic nitrogens is 2. The summed E-state index contributed by atoms with van der Waals surface area (Å²) in [4.78, 5) is 14.3. The summed E-state index contributed by atoms with van der Waals surface area (Å²) in [5, 5.41) is 8.15. The van der Waals surface area contributed by atoms with E-state index in [0.29, 0.717) is 44.4 Å². The van der Waals surface area contributed by atoms with Gasteiger partial charge in [-0.15, -0.1) is 10.2 Å². The highest BCUT2D eigenvalue weighted by Crippen LogP contribution is 2.26. The molecule has 1 saturated heterocycles. The number of hydrogen-bond acceptors (Lipinski definition) is 6. The first-order valence-corrected chi connectivity index (χ1v) is 7.86. The lowest BCUT2D eigenvalue weighted by atomic mass is 10.1. The van der Waals surface area contributed by atoms with Crippen LogP contribution < -0.4 is 0 Å². The van der Waals surface area contributed by atoms with Crippen molar-refractivity contribution < 1.29 is 18.4 Å². The average molecular weight is 319 g/mol. The lowest BCUT2D eigenvalue weighted by Gasteiger charge is -2.33. The molecule has 3 heterocycles. The fraction of sp³-hybridized carbons (Fsp3) is 0.562. The van der Waals surface area contributed by atoms with Crippen LogP contribution in [-0.2, 0) is 16.0 Å². The third-order valence-electron chi connectivity index (χ3n) is 3.89. The Hall–Kier alpha value is -2.15. The van der Waals surface area contributed by atoms with Crippen LogP contribution in [0.15, 0.2) is 27.4 Å². The SMILES string of the molecule is CC(C)c1nnc([C@H]2COCCN2C(=O)CCc2ccoc2)o1. The molecule has 23 heavy (non-hydrogen) atoms. The van der Waals surface area contributed by atoms with Gasteiger partial charge in [-0.1, -0.05) is 13.8 Å². The monoisotopic (exact) mass is 319 g/mol. The zero-order valence-corrected chi connectivity index (χ0v) is 13.4. The molecule has 0 aliphatic carbocycles. The van der Waals surface area contributed by atoms with Gasteiger partial charge < -0.3 is 18.5 Å². The molecule has 0 N–H and O–H groups in total. The molecule has 0 saturated carbocycles. The predicted molar refractivity (Wildman–Crippen MR) is 80.7 cm³/mol. The van der Waals surface area contributed by atoms with E-state index in [4.69, 9.17) is 13.6 Å². The molecule has 0 bridgehead atoms. The van der Waals surface area contributed by atoms with Crippen molar-refractivity contribution in [1.82, 2.24) is 15.1 Å². The summed E-state index contributed by atoms with van der Waals surface area (Å²) in [7, 11) is 0. The summed E-state index contributed by atoms with van der Waals surface area (Å²) in [5.74, 6) is 1.25. The Morgan fingerprint density at radius 2 is 2.30 bits per heavy atom. The van der Waals surface area contributed by atoms with E-state index in [-0.39, 0.29) is 17.9 Å². The molecule has 1 atom stereocenters. The molecular formula is C16H21N3O4. The maximum atomic E-state index is 12.6. The van der Waals surface area contributed by atoms with Crippen LogP contribution in [0, 0.1) is 0 Å². The molecule has 0 radical (unpaired) electrons. The van der Waals surface area contributed by atoms with Gasteiger partial charge in [0.05, 0.1) is 25.7 Å².